The first-order valence-electron chi connectivity index (χ1n) is 6.59. The summed E-state index contributed by atoms with van der Waals surface area (Å²) in [6.07, 6.45) is 2.83. The smallest absolute Gasteiger partial charge is 0.266 e. The van der Waals surface area contributed by atoms with Crippen LogP contribution in [0.5, 0.6) is 0 Å². The SMILES string of the molecule is CC(C)(C)C(=O)/C=c1/[nH]c(=O)/c(=C/c2ccc(F)c(F)c2)s1. The minimum atomic E-state index is -0.976. The number of H-pyrrole nitrogens is 1. The van der Waals surface area contributed by atoms with E-state index in [0.29, 0.717) is 14.8 Å². The second kappa shape index (κ2) is 5.96. The third kappa shape index (κ3) is 3.76. The van der Waals surface area contributed by atoms with Crippen LogP contribution in [0, 0.1) is 17.0 Å². The Bertz CT molecular complexity index is 888. The second-order valence-electron chi connectivity index (χ2n) is 5.86. The van der Waals surface area contributed by atoms with Gasteiger partial charge in [0.05, 0.1) is 9.20 Å². The molecule has 0 saturated carbocycles. The number of nitrogens with one attached hydrogen (secondary N) is 1. The van der Waals surface area contributed by atoms with E-state index in [4.69, 9.17) is 0 Å². The Kier molecular flexibility index (Phi) is 4.42. The fraction of sp³-hybridized carbons (Fsp3) is 0.250. The van der Waals surface area contributed by atoms with Gasteiger partial charge in [0.2, 0.25) is 0 Å². The molecule has 2 aromatic rings. The van der Waals surface area contributed by atoms with Crippen molar-refractivity contribution in [3.8, 4) is 0 Å². The van der Waals surface area contributed by atoms with E-state index in [0.717, 1.165) is 23.5 Å². The first-order chi connectivity index (χ1) is 10.2. The third-order valence-electron chi connectivity index (χ3n) is 2.92. The van der Waals surface area contributed by atoms with Gasteiger partial charge in [-0.3, -0.25) is 9.59 Å². The number of hydrogen-bond donors (Lipinski definition) is 1. The van der Waals surface area contributed by atoms with Crippen molar-refractivity contribution in [3.63, 3.8) is 0 Å². The monoisotopic (exact) mass is 323 g/mol. The van der Waals surface area contributed by atoms with Gasteiger partial charge in [-0.1, -0.05) is 26.8 Å². The highest BCUT2D eigenvalue weighted by Crippen LogP contribution is 2.14. The van der Waals surface area contributed by atoms with Crippen molar-refractivity contribution < 1.29 is 13.6 Å². The lowest BCUT2D eigenvalue weighted by atomic mass is 9.91. The predicted molar refractivity (Wildman–Crippen MR) is 83.0 cm³/mol. The Labute approximate surface area is 129 Å². The van der Waals surface area contributed by atoms with E-state index in [9.17, 15) is 18.4 Å². The van der Waals surface area contributed by atoms with Crippen LogP contribution in [-0.4, -0.2) is 10.8 Å². The van der Waals surface area contributed by atoms with Gasteiger partial charge in [0.15, 0.2) is 17.4 Å². The van der Waals surface area contributed by atoms with E-state index in [1.165, 1.54) is 18.2 Å². The highest BCUT2D eigenvalue weighted by molar-refractivity contribution is 7.07. The number of benzene rings is 1. The van der Waals surface area contributed by atoms with Gasteiger partial charge < -0.3 is 4.98 Å². The maximum absolute atomic E-state index is 13.2. The molecule has 1 aromatic heterocycles. The quantitative estimate of drug-likeness (QED) is 0.918. The minimum absolute atomic E-state index is 0.107. The first-order valence-corrected chi connectivity index (χ1v) is 7.40. The van der Waals surface area contributed by atoms with Crippen molar-refractivity contribution in [2.24, 2.45) is 5.41 Å². The zero-order valence-corrected chi connectivity index (χ0v) is 13.2. The van der Waals surface area contributed by atoms with Crippen molar-refractivity contribution in [2.75, 3.05) is 0 Å². The standard InChI is InChI=1S/C16H15F2NO2S/c1-16(2,3)13(20)8-14-19-15(21)12(22-14)7-9-4-5-10(17)11(18)6-9/h4-8H,1-3H3,(H,19,21)/b12-7-,14-8-. The fourth-order valence-electron chi connectivity index (χ4n) is 1.61. The molecule has 116 valence electrons. The van der Waals surface area contributed by atoms with Gasteiger partial charge in [-0.15, -0.1) is 11.3 Å². The largest absolute Gasteiger partial charge is 0.313 e. The molecule has 22 heavy (non-hydrogen) atoms. The average molecular weight is 323 g/mol. The number of hydrogen-bond acceptors (Lipinski definition) is 3. The molecule has 1 heterocycles. The highest BCUT2D eigenvalue weighted by atomic mass is 32.1. The van der Waals surface area contributed by atoms with Gasteiger partial charge in [-0.2, -0.15) is 0 Å². The summed E-state index contributed by atoms with van der Waals surface area (Å²) in [4.78, 5) is 26.4. The van der Waals surface area contributed by atoms with Crippen molar-refractivity contribution in [3.05, 3.63) is 54.9 Å². The fourth-order valence-corrected chi connectivity index (χ4v) is 2.50. The van der Waals surface area contributed by atoms with Gasteiger partial charge >= 0.3 is 0 Å². The average Bonchev–Trinajstić information content (AvgIpc) is 2.73. The molecule has 0 spiro atoms. The van der Waals surface area contributed by atoms with Crippen LogP contribution < -0.4 is 14.8 Å². The lowest BCUT2D eigenvalue weighted by molar-refractivity contribution is -0.119. The number of halogens is 2. The summed E-state index contributed by atoms with van der Waals surface area (Å²) < 4.78 is 26.8. The van der Waals surface area contributed by atoms with Crippen molar-refractivity contribution >= 4 is 29.3 Å². The zero-order valence-electron chi connectivity index (χ0n) is 12.4. The molecule has 0 amide bonds. The summed E-state index contributed by atoms with van der Waals surface area (Å²) in [6.45, 7) is 5.35. The van der Waals surface area contributed by atoms with Crippen LogP contribution in [0.15, 0.2) is 23.0 Å². The maximum Gasteiger partial charge on any atom is 0.266 e. The Hall–Kier alpha value is -2.08. The maximum atomic E-state index is 13.2. The van der Waals surface area contributed by atoms with Crippen LogP contribution in [0.2, 0.25) is 0 Å². The summed E-state index contributed by atoms with van der Waals surface area (Å²) in [5.74, 6) is -2.03. The Morgan fingerprint density at radius 1 is 1.23 bits per heavy atom. The van der Waals surface area contributed by atoms with Crippen LogP contribution in [0.4, 0.5) is 8.78 Å². The molecule has 0 bridgehead atoms. The summed E-state index contributed by atoms with van der Waals surface area (Å²) >= 11 is 1.09. The van der Waals surface area contributed by atoms with Gasteiger partial charge in [0, 0.05) is 11.5 Å². The Morgan fingerprint density at radius 2 is 1.91 bits per heavy atom. The molecule has 0 aliphatic carbocycles. The number of rotatable bonds is 2. The van der Waals surface area contributed by atoms with Gasteiger partial charge in [-0.25, -0.2) is 8.78 Å². The zero-order chi connectivity index (χ0) is 16.5. The van der Waals surface area contributed by atoms with Crippen molar-refractivity contribution in [1.82, 2.24) is 4.98 Å². The summed E-state index contributed by atoms with van der Waals surface area (Å²) in [6, 6.07) is 3.39. The molecule has 0 radical (unpaired) electrons. The van der Waals surface area contributed by atoms with Gasteiger partial charge in [-0.05, 0) is 23.8 Å². The summed E-state index contributed by atoms with van der Waals surface area (Å²) in [5.41, 5.74) is -0.534. The molecule has 3 nitrogen and oxygen atoms in total. The van der Waals surface area contributed by atoms with E-state index < -0.39 is 17.0 Å². The highest BCUT2D eigenvalue weighted by Gasteiger charge is 2.18. The summed E-state index contributed by atoms with van der Waals surface area (Å²) in [5, 5.41) is 0. The Balaban J connectivity index is 2.48. The molecule has 0 aliphatic rings. The molecular weight excluding hydrogens is 308 g/mol. The summed E-state index contributed by atoms with van der Waals surface area (Å²) in [7, 11) is 0. The van der Waals surface area contributed by atoms with Crippen molar-refractivity contribution in [1.29, 1.82) is 0 Å². The number of thiazole rings is 1. The van der Waals surface area contributed by atoms with E-state index in [1.54, 1.807) is 20.8 Å². The lowest BCUT2D eigenvalue weighted by Crippen LogP contribution is -2.22. The number of ketones is 1. The van der Waals surface area contributed by atoms with Crippen molar-refractivity contribution in [2.45, 2.75) is 20.8 Å². The topological polar surface area (TPSA) is 49.9 Å². The molecule has 0 unspecified atom stereocenters. The van der Waals surface area contributed by atoms with E-state index in [1.807, 2.05) is 0 Å². The van der Waals surface area contributed by atoms with E-state index >= 15 is 0 Å². The minimum Gasteiger partial charge on any atom is -0.313 e. The molecular formula is C16H15F2NO2S. The molecule has 0 fully saturated rings. The molecule has 0 atom stereocenters. The third-order valence-corrected chi connectivity index (χ3v) is 3.89. The molecule has 1 N–H and O–H groups in total. The molecule has 0 aliphatic heterocycles. The second-order valence-corrected chi connectivity index (χ2v) is 6.94. The van der Waals surface area contributed by atoms with Crippen LogP contribution >= 0.6 is 11.3 Å². The van der Waals surface area contributed by atoms with Crippen LogP contribution in [0.3, 0.4) is 0 Å². The molecule has 1 aromatic carbocycles. The molecule has 6 heteroatoms. The van der Waals surface area contributed by atoms with Crippen LogP contribution in [-0.2, 0) is 4.79 Å². The number of aromatic nitrogens is 1. The van der Waals surface area contributed by atoms with E-state index in [-0.39, 0.29) is 11.3 Å². The number of aromatic amines is 1. The van der Waals surface area contributed by atoms with Gasteiger partial charge in [0.25, 0.3) is 5.56 Å². The number of carbonyl (C=O) groups is 1. The number of Topliss-reactive ketones (excluding diaryl/α,β-unsaturated/α-hetero) is 1. The van der Waals surface area contributed by atoms with Crippen LogP contribution in [0.25, 0.3) is 12.2 Å². The van der Waals surface area contributed by atoms with Crippen LogP contribution in [0.1, 0.15) is 26.3 Å². The normalized spacial score (nSPS) is 13.7. The number of carbonyl (C=O) groups excluding carboxylic acids is 1. The lowest BCUT2D eigenvalue weighted by Gasteiger charge is -2.12. The molecule has 0 saturated heterocycles. The molecule has 2 rings (SSSR count). The van der Waals surface area contributed by atoms with E-state index in [2.05, 4.69) is 4.98 Å². The van der Waals surface area contributed by atoms with Gasteiger partial charge in [0.1, 0.15) is 0 Å². The Morgan fingerprint density at radius 3 is 2.50 bits per heavy atom. The first kappa shape index (κ1) is 16.3. The predicted octanol–water partition coefficient (Wildman–Crippen LogP) is 1.94.